The van der Waals surface area contributed by atoms with Gasteiger partial charge in [-0.15, -0.1) is 0 Å². The molecule has 0 aromatic heterocycles. The number of hydrogen-bond donors (Lipinski definition) is 1. The summed E-state index contributed by atoms with van der Waals surface area (Å²) in [4.78, 5) is 39.0. The summed E-state index contributed by atoms with van der Waals surface area (Å²) >= 11 is 5.86. The molecule has 0 bridgehead atoms. The van der Waals surface area contributed by atoms with E-state index >= 15 is 0 Å². The first-order chi connectivity index (χ1) is 15.9. The standard InChI is InChI=1S/C24H34ClN3O5/c1-3-32-23(30)20(14-13-18-9-5-4-6-10-18)26-19-11-7-15-27-16-8-12-21(28(27)22(19)29)24(31)33-17(2)25/h4-6,9-10,17,19-21,26H,3,7-8,11-16H2,1-2H3/t17?,19-,20-,21-/m0/s1. The van der Waals surface area contributed by atoms with Crippen LogP contribution in [-0.2, 0) is 30.3 Å². The van der Waals surface area contributed by atoms with Gasteiger partial charge in [-0.2, -0.15) is 0 Å². The number of fused-ring (bicyclic) bond motifs is 1. The van der Waals surface area contributed by atoms with E-state index in [2.05, 4.69) is 5.32 Å². The van der Waals surface area contributed by atoms with Gasteiger partial charge in [-0.3, -0.25) is 19.9 Å². The summed E-state index contributed by atoms with van der Waals surface area (Å²) in [5.74, 6) is -1.08. The van der Waals surface area contributed by atoms with E-state index in [1.807, 2.05) is 35.3 Å². The molecule has 0 spiro atoms. The molecule has 2 heterocycles. The molecule has 1 unspecified atom stereocenters. The van der Waals surface area contributed by atoms with Crippen molar-refractivity contribution >= 4 is 29.4 Å². The smallest absolute Gasteiger partial charge is 0.331 e. The molecule has 9 heteroatoms. The Morgan fingerprint density at radius 2 is 1.88 bits per heavy atom. The van der Waals surface area contributed by atoms with Crippen LogP contribution in [0, 0.1) is 0 Å². The highest BCUT2D eigenvalue weighted by Crippen LogP contribution is 2.25. The third-order valence-electron chi connectivity index (χ3n) is 6.02. The normalized spacial score (nSPS) is 23.2. The fourth-order valence-electron chi connectivity index (χ4n) is 4.49. The minimum absolute atomic E-state index is 0.217. The van der Waals surface area contributed by atoms with E-state index in [1.54, 1.807) is 13.8 Å². The van der Waals surface area contributed by atoms with Crippen molar-refractivity contribution in [3.63, 3.8) is 0 Å². The monoisotopic (exact) mass is 479 g/mol. The highest BCUT2D eigenvalue weighted by atomic mass is 35.5. The van der Waals surface area contributed by atoms with Crippen molar-refractivity contribution in [2.45, 2.75) is 76.1 Å². The molecule has 0 radical (unpaired) electrons. The number of nitrogens with one attached hydrogen (secondary N) is 1. The van der Waals surface area contributed by atoms with Crippen LogP contribution in [0.1, 0.15) is 51.5 Å². The SMILES string of the molecule is CCOC(=O)[C@H](CCc1ccccc1)N[C@H]1CCCN2CCC[C@@H](C(=O)OC(C)Cl)N2C1=O. The largest absolute Gasteiger partial charge is 0.465 e. The number of carbonyl (C=O) groups is 3. The first-order valence-electron chi connectivity index (χ1n) is 11.8. The topological polar surface area (TPSA) is 88.2 Å². The Labute approximate surface area is 200 Å². The Morgan fingerprint density at radius 1 is 1.18 bits per heavy atom. The molecule has 2 aliphatic heterocycles. The number of halogens is 1. The van der Waals surface area contributed by atoms with E-state index in [-0.39, 0.29) is 18.5 Å². The molecule has 2 saturated heterocycles. The minimum atomic E-state index is -0.768. The number of alkyl halides is 1. The predicted molar refractivity (Wildman–Crippen MR) is 124 cm³/mol. The molecular formula is C24H34ClN3O5. The number of carbonyl (C=O) groups excluding carboxylic acids is 3. The molecular weight excluding hydrogens is 446 g/mol. The molecule has 2 aliphatic rings. The molecule has 33 heavy (non-hydrogen) atoms. The quantitative estimate of drug-likeness (QED) is 0.430. The van der Waals surface area contributed by atoms with Gasteiger partial charge in [0.2, 0.25) is 0 Å². The van der Waals surface area contributed by atoms with Crippen molar-refractivity contribution in [2.24, 2.45) is 0 Å². The van der Waals surface area contributed by atoms with E-state index in [1.165, 1.54) is 5.01 Å². The summed E-state index contributed by atoms with van der Waals surface area (Å²) in [7, 11) is 0. The van der Waals surface area contributed by atoms with E-state index in [9.17, 15) is 14.4 Å². The minimum Gasteiger partial charge on any atom is -0.465 e. The van der Waals surface area contributed by atoms with E-state index in [0.717, 1.165) is 18.4 Å². The molecule has 182 valence electrons. The average molecular weight is 480 g/mol. The number of benzene rings is 1. The summed E-state index contributed by atoms with van der Waals surface area (Å²) in [5, 5.41) is 6.73. The second-order valence-corrected chi connectivity index (χ2v) is 9.08. The van der Waals surface area contributed by atoms with Gasteiger partial charge in [-0.05, 0) is 57.9 Å². The van der Waals surface area contributed by atoms with Gasteiger partial charge in [-0.25, -0.2) is 9.80 Å². The zero-order chi connectivity index (χ0) is 23.8. The molecule has 0 saturated carbocycles. The van der Waals surface area contributed by atoms with Crippen LogP contribution in [0.25, 0.3) is 0 Å². The van der Waals surface area contributed by atoms with Gasteiger partial charge < -0.3 is 9.47 Å². The number of esters is 2. The van der Waals surface area contributed by atoms with Gasteiger partial charge in [0.25, 0.3) is 5.91 Å². The predicted octanol–water partition coefficient (Wildman–Crippen LogP) is 2.64. The summed E-state index contributed by atoms with van der Waals surface area (Å²) in [5.41, 5.74) is 0.344. The van der Waals surface area contributed by atoms with Crippen LogP contribution in [0.15, 0.2) is 30.3 Å². The van der Waals surface area contributed by atoms with Gasteiger partial charge in [0.1, 0.15) is 12.1 Å². The number of rotatable bonds is 9. The van der Waals surface area contributed by atoms with Crippen LogP contribution in [0.5, 0.6) is 0 Å². The second kappa shape index (κ2) is 12.3. The second-order valence-electron chi connectivity index (χ2n) is 8.46. The lowest BCUT2D eigenvalue weighted by Gasteiger charge is -2.43. The number of hydrogen-bond acceptors (Lipinski definition) is 7. The van der Waals surface area contributed by atoms with Gasteiger partial charge in [0, 0.05) is 13.1 Å². The summed E-state index contributed by atoms with van der Waals surface area (Å²) in [6, 6.07) is 7.97. The lowest BCUT2D eigenvalue weighted by Crippen LogP contribution is -2.62. The molecule has 3 rings (SSSR count). The Morgan fingerprint density at radius 3 is 2.55 bits per heavy atom. The average Bonchev–Trinajstić information content (AvgIpc) is 2.95. The maximum absolute atomic E-state index is 13.6. The Balaban J connectivity index is 1.75. The maximum atomic E-state index is 13.6. The highest BCUT2D eigenvalue weighted by molar-refractivity contribution is 6.20. The number of ether oxygens (including phenoxy) is 2. The van der Waals surface area contributed by atoms with Crippen molar-refractivity contribution in [2.75, 3.05) is 19.7 Å². The zero-order valence-corrected chi connectivity index (χ0v) is 20.1. The van der Waals surface area contributed by atoms with Crippen LogP contribution in [-0.4, -0.2) is 71.2 Å². The van der Waals surface area contributed by atoms with Crippen LogP contribution < -0.4 is 5.32 Å². The van der Waals surface area contributed by atoms with Crippen LogP contribution in [0.3, 0.4) is 0 Å². The Hall–Kier alpha value is -2.16. The van der Waals surface area contributed by atoms with Gasteiger partial charge >= 0.3 is 11.9 Å². The molecule has 1 amide bonds. The lowest BCUT2D eigenvalue weighted by atomic mass is 10.0. The Bertz CT molecular complexity index is 807. The van der Waals surface area contributed by atoms with Crippen LogP contribution in [0.4, 0.5) is 0 Å². The van der Waals surface area contributed by atoms with Gasteiger partial charge in [0.15, 0.2) is 5.56 Å². The van der Waals surface area contributed by atoms with Crippen molar-refractivity contribution in [3.05, 3.63) is 35.9 Å². The maximum Gasteiger partial charge on any atom is 0.331 e. The zero-order valence-electron chi connectivity index (χ0n) is 19.4. The van der Waals surface area contributed by atoms with Crippen LogP contribution in [0.2, 0.25) is 0 Å². The Kier molecular flexibility index (Phi) is 9.52. The molecule has 1 aromatic carbocycles. The number of nitrogens with zero attached hydrogens (tertiary/aromatic N) is 2. The first-order valence-corrected chi connectivity index (χ1v) is 12.2. The molecule has 8 nitrogen and oxygen atoms in total. The third-order valence-corrected chi connectivity index (χ3v) is 6.10. The lowest BCUT2D eigenvalue weighted by molar-refractivity contribution is -0.178. The summed E-state index contributed by atoms with van der Waals surface area (Å²) < 4.78 is 10.5. The van der Waals surface area contributed by atoms with Crippen molar-refractivity contribution in [1.82, 2.24) is 15.3 Å². The molecule has 4 atom stereocenters. The fraction of sp³-hybridized carbons (Fsp3) is 0.625. The van der Waals surface area contributed by atoms with Gasteiger partial charge in [0.05, 0.1) is 12.6 Å². The molecule has 1 N–H and O–H groups in total. The number of aryl methyl sites for hydroxylation is 1. The molecule has 2 fully saturated rings. The van der Waals surface area contributed by atoms with Crippen molar-refractivity contribution in [3.8, 4) is 0 Å². The molecule has 1 aromatic rings. The van der Waals surface area contributed by atoms with Gasteiger partial charge in [-0.1, -0.05) is 41.9 Å². The van der Waals surface area contributed by atoms with Crippen LogP contribution >= 0.6 is 11.6 Å². The van der Waals surface area contributed by atoms with Crippen molar-refractivity contribution < 1.29 is 23.9 Å². The first kappa shape index (κ1) is 25.5. The number of amides is 1. The van der Waals surface area contributed by atoms with Crippen molar-refractivity contribution in [1.29, 1.82) is 0 Å². The molecule has 0 aliphatic carbocycles. The summed E-state index contributed by atoms with van der Waals surface area (Å²) in [6.07, 6.45) is 3.83. The number of hydrazine groups is 1. The third kappa shape index (κ3) is 6.91. The van der Waals surface area contributed by atoms with E-state index in [4.69, 9.17) is 21.1 Å². The van der Waals surface area contributed by atoms with E-state index < -0.39 is 29.7 Å². The highest BCUT2D eigenvalue weighted by Gasteiger charge is 2.43. The fourth-order valence-corrected chi connectivity index (χ4v) is 4.58. The summed E-state index contributed by atoms with van der Waals surface area (Å²) in [6.45, 7) is 4.98. The van der Waals surface area contributed by atoms with E-state index in [0.29, 0.717) is 38.8 Å².